The molecule has 30 heavy (non-hydrogen) atoms. The summed E-state index contributed by atoms with van der Waals surface area (Å²) in [4.78, 5) is 20.9. The number of rotatable bonds is 10. The van der Waals surface area contributed by atoms with Gasteiger partial charge in [0.05, 0.1) is 5.92 Å². The lowest BCUT2D eigenvalue weighted by Crippen LogP contribution is -2.22. The third-order valence-corrected chi connectivity index (χ3v) is 4.82. The van der Waals surface area contributed by atoms with Crippen molar-refractivity contribution in [3.8, 4) is 5.75 Å². The Balaban J connectivity index is 0.000000545. The molecule has 1 aromatic rings. The van der Waals surface area contributed by atoms with Crippen LogP contribution in [0.3, 0.4) is 0 Å². The molecule has 1 aromatic carbocycles. The number of carbonyl (C=O) groups is 2. The van der Waals surface area contributed by atoms with E-state index < -0.39 is 0 Å². The molecule has 4 heteroatoms. The molecule has 168 valence electrons. The summed E-state index contributed by atoms with van der Waals surface area (Å²) >= 11 is 0. The number of unbranched alkanes of at least 4 members (excludes halogenated alkanes) is 4. The smallest absolute Gasteiger partial charge is 0.314 e. The molecule has 1 aliphatic rings. The van der Waals surface area contributed by atoms with Crippen molar-refractivity contribution < 1.29 is 19.1 Å². The predicted molar refractivity (Wildman–Crippen MR) is 126 cm³/mol. The molecule has 1 saturated carbocycles. The van der Waals surface area contributed by atoms with E-state index in [9.17, 15) is 4.79 Å². The minimum absolute atomic E-state index is 0.0731. The van der Waals surface area contributed by atoms with E-state index in [4.69, 9.17) is 14.3 Å². The first-order valence-corrected chi connectivity index (χ1v) is 11.1. The molecule has 0 unspecified atom stereocenters. The van der Waals surface area contributed by atoms with Crippen LogP contribution in [-0.4, -0.2) is 26.0 Å². The molecule has 1 fully saturated rings. The van der Waals surface area contributed by atoms with Crippen LogP contribution < -0.4 is 4.74 Å². The van der Waals surface area contributed by atoms with E-state index >= 15 is 0 Å². The number of ether oxygens (including phenoxy) is 2. The molecular formula is C26H40O4. The van der Waals surface area contributed by atoms with Crippen LogP contribution in [0.5, 0.6) is 5.75 Å². The van der Waals surface area contributed by atoms with E-state index in [0.29, 0.717) is 12.0 Å². The number of allylic oxidation sites excluding steroid dienone is 1. The zero-order valence-electron chi connectivity index (χ0n) is 18.9. The fourth-order valence-electron chi connectivity index (χ4n) is 3.06. The second kappa shape index (κ2) is 20.1. The number of methoxy groups -OCH3 is 1. The van der Waals surface area contributed by atoms with Gasteiger partial charge in [-0.05, 0) is 43.0 Å². The largest absolute Gasteiger partial charge is 0.426 e. The molecule has 4 nitrogen and oxygen atoms in total. The molecule has 1 aliphatic carbocycles. The van der Waals surface area contributed by atoms with Crippen LogP contribution in [-0.2, 0) is 14.3 Å². The second-order valence-electron chi connectivity index (χ2n) is 7.31. The Bertz CT molecular complexity index is 559. The number of hydrogen-bond acceptors (Lipinski definition) is 4. The molecule has 0 atom stereocenters. The van der Waals surface area contributed by atoms with Gasteiger partial charge in [0.25, 0.3) is 0 Å². The lowest BCUT2D eigenvalue weighted by atomic mass is 9.89. The number of aldehydes is 1. The summed E-state index contributed by atoms with van der Waals surface area (Å²) in [5.74, 6) is 0.657. The van der Waals surface area contributed by atoms with E-state index in [1.54, 1.807) is 13.2 Å². The zero-order chi connectivity index (χ0) is 22.5. The standard InChI is InChI=1S/C15H18O2.C8H18O.C3H4O/c1-2-12-8-10-14(11-9-12)17-15(16)13-6-4-3-5-7-13;1-3-4-5-6-7-8-9-2;1-2-3-4/h2,8-11,13H,1,3-7H2;3-8H2,1-2H3;2-3H,1H2. The molecule has 0 radical (unpaired) electrons. The SMILES string of the molecule is C=CC=O.C=Cc1ccc(OC(=O)C2CCCCC2)cc1.CCCCCCCOC. The first-order valence-electron chi connectivity index (χ1n) is 11.1. The van der Waals surface area contributed by atoms with Crippen LogP contribution in [0.1, 0.15) is 76.7 Å². The van der Waals surface area contributed by atoms with Crippen LogP contribution in [0.4, 0.5) is 0 Å². The summed E-state index contributed by atoms with van der Waals surface area (Å²) in [6.45, 7) is 9.97. The Labute approximate surface area is 183 Å². The highest BCUT2D eigenvalue weighted by atomic mass is 16.5. The number of esters is 1. The molecule has 0 aliphatic heterocycles. The maximum atomic E-state index is 11.9. The summed E-state index contributed by atoms with van der Waals surface area (Å²) in [6.07, 6.45) is 15.7. The Hall–Kier alpha value is -2.20. The molecule has 0 amide bonds. The van der Waals surface area contributed by atoms with Crippen LogP contribution in [0.25, 0.3) is 6.08 Å². The number of benzene rings is 1. The van der Waals surface area contributed by atoms with Crippen LogP contribution in [0, 0.1) is 5.92 Å². The van der Waals surface area contributed by atoms with Gasteiger partial charge in [-0.1, -0.05) is 83.2 Å². The van der Waals surface area contributed by atoms with Crippen LogP contribution in [0.15, 0.2) is 43.5 Å². The lowest BCUT2D eigenvalue weighted by molar-refractivity contribution is -0.140. The number of carbonyl (C=O) groups excluding carboxylic acids is 2. The third kappa shape index (κ3) is 14.7. The first-order chi connectivity index (χ1) is 14.6. The van der Waals surface area contributed by atoms with Crippen molar-refractivity contribution in [1.29, 1.82) is 0 Å². The minimum Gasteiger partial charge on any atom is -0.426 e. The molecule has 0 bridgehead atoms. The average Bonchev–Trinajstić information content (AvgIpc) is 2.80. The van der Waals surface area contributed by atoms with E-state index in [2.05, 4.69) is 20.1 Å². The van der Waals surface area contributed by atoms with Crippen molar-refractivity contribution in [2.24, 2.45) is 5.92 Å². The second-order valence-corrected chi connectivity index (χ2v) is 7.31. The van der Waals surface area contributed by atoms with Gasteiger partial charge in [-0.25, -0.2) is 0 Å². The maximum absolute atomic E-state index is 11.9. The monoisotopic (exact) mass is 416 g/mol. The predicted octanol–water partition coefficient (Wildman–Crippen LogP) is 6.79. The van der Waals surface area contributed by atoms with Crippen LogP contribution >= 0.6 is 0 Å². The Morgan fingerprint density at radius 1 is 1.03 bits per heavy atom. The highest BCUT2D eigenvalue weighted by molar-refractivity contribution is 5.75. The molecular weight excluding hydrogens is 376 g/mol. The average molecular weight is 417 g/mol. The third-order valence-electron chi connectivity index (χ3n) is 4.82. The van der Waals surface area contributed by atoms with Gasteiger partial charge < -0.3 is 9.47 Å². The molecule has 2 rings (SSSR count). The van der Waals surface area contributed by atoms with E-state index in [1.807, 2.05) is 24.3 Å². The molecule has 0 aromatic heterocycles. The van der Waals surface area contributed by atoms with E-state index in [-0.39, 0.29) is 11.9 Å². The van der Waals surface area contributed by atoms with Gasteiger partial charge in [-0.2, -0.15) is 0 Å². The summed E-state index contributed by atoms with van der Waals surface area (Å²) in [6, 6.07) is 7.43. The molecule has 0 saturated heterocycles. The fraction of sp³-hybridized carbons (Fsp3) is 0.538. The zero-order valence-corrected chi connectivity index (χ0v) is 18.9. The lowest BCUT2D eigenvalue weighted by Gasteiger charge is -2.19. The minimum atomic E-state index is -0.0731. The van der Waals surface area contributed by atoms with Crippen molar-refractivity contribution in [2.45, 2.75) is 71.1 Å². The molecule has 0 N–H and O–H groups in total. The van der Waals surface area contributed by atoms with Crippen molar-refractivity contribution in [1.82, 2.24) is 0 Å². The topological polar surface area (TPSA) is 52.6 Å². The highest BCUT2D eigenvalue weighted by Gasteiger charge is 2.22. The normalized spacial score (nSPS) is 13.0. The van der Waals surface area contributed by atoms with Gasteiger partial charge in [0, 0.05) is 13.7 Å². The highest BCUT2D eigenvalue weighted by Crippen LogP contribution is 2.25. The van der Waals surface area contributed by atoms with Gasteiger partial charge in [0.2, 0.25) is 0 Å². The molecule has 0 spiro atoms. The summed E-state index contributed by atoms with van der Waals surface area (Å²) in [7, 11) is 1.76. The van der Waals surface area contributed by atoms with Crippen LogP contribution in [0.2, 0.25) is 0 Å². The van der Waals surface area contributed by atoms with Crippen molar-refractivity contribution in [2.75, 3.05) is 13.7 Å². The summed E-state index contributed by atoms with van der Waals surface area (Å²) < 4.78 is 10.3. The first kappa shape index (κ1) is 27.8. The molecule has 0 heterocycles. The summed E-state index contributed by atoms with van der Waals surface area (Å²) in [5, 5.41) is 0. The van der Waals surface area contributed by atoms with Crippen molar-refractivity contribution in [3.63, 3.8) is 0 Å². The quantitative estimate of drug-likeness (QED) is 0.138. The van der Waals surface area contributed by atoms with E-state index in [1.165, 1.54) is 44.6 Å². The van der Waals surface area contributed by atoms with Crippen molar-refractivity contribution >= 4 is 18.3 Å². The van der Waals surface area contributed by atoms with Gasteiger partial charge >= 0.3 is 5.97 Å². The van der Waals surface area contributed by atoms with Gasteiger partial charge in [0.1, 0.15) is 12.0 Å². The Morgan fingerprint density at radius 2 is 1.63 bits per heavy atom. The van der Waals surface area contributed by atoms with Gasteiger partial charge in [-0.3, -0.25) is 9.59 Å². The van der Waals surface area contributed by atoms with E-state index in [0.717, 1.165) is 37.9 Å². The maximum Gasteiger partial charge on any atom is 0.314 e. The number of hydrogen-bond donors (Lipinski definition) is 0. The summed E-state index contributed by atoms with van der Waals surface area (Å²) in [5.41, 5.74) is 1.03. The Kier molecular flexibility index (Phi) is 18.6. The van der Waals surface area contributed by atoms with Crippen molar-refractivity contribution in [3.05, 3.63) is 49.1 Å². The fourth-order valence-corrected chi connectivity index (χ4v) is 3.06. The van der Waals surface area contributed by atoms with Gasteiger partial charge in [-0.15, -0.1) is 0 Å². The van der Waals surface area contributed by atoms with Gasteiger partial charge in [0.15, 0.2) is 0 Å². The Morgan fingerprint density at radius 3 is 2.13 bits per heavy atom.